The van der Waals surface area contributed by atoms with E-state index in [2.05, 4.69) is 15.3 Å². The van der Waals surface area contributed by atoms with Crippen LogP contribution in [0.15, 0.2) is 34.4 Å². The van der Waals surface area contributed by atoms with Crippen molar-refractivity contribution in [3.63, 3.8) is 0 Å². The summed E-state index contributed by atoms with van der Waals surface area (Å²) in [4.78, 5) is 19.0. The van der Waals surface area contributed by atoms with Crippen LogP contribution in [-0.2, 0) is 6.54 Å². The van der Waals surface area contributed by atoms with Gasteiger partial charge >= 0.3 is 0 Å². The standard InChI is InChI=1S/C13H9Cl2N3OS/c14-7-1-2-8(15)10(5-7)16-6-11-17-9-3-4-20-12(9)13(19)18-11/h1-5,16H,6H2,(H,17,18,19). The van der Waals surface area contributed by atoms with E-state index in [1.807, 2.05) is 11.4 Å². The molecule has 0 aliphatic rings. The molecule has 7 heteroatoms. The average Bonchev–Trinajstić information content (AvgIpc) is 2.89. The molecule has 1 aromatic carbocycles. The molecule has 0 aliphatic heterocycles. The van der Waals surface area contributed by atoms with E-state index in [1.54, 1.807) is 18.2 Å². The number of halogens is 2. The summed E-state index contributed by atoms with van der Waals surface area (Å²) in [6, 6.07) is 6.98. The van der Waals surface area contributed by atoms with Crippen LogP contribution in [0.3, 0.4) is 0 Å². The van der Waals surface area contributed by atoms with Gasteiger partial charge in [0.1, 0.15) is 10.5 Å². The fourth-order valence-electron chi connectivity index (χ4n) is 1.82. The Morgan fingerprint density at radius 3 is 3.00 bits per heavy atom. The first-order chi connectivity index (χ1) is 9.63. The summed E-state index contributed by atoms with van der Waals surface area (Å²) < 4.78 is 0.634. The molecule has 2 N–H and O–H groups in total. The lowest BCUT2D eigenvalue weighted by molar-refractivity contribution is 0.956. The molecule has 2 heterocycles. The lowest BCUT2D eigenvalue weighted by atomic mass is 10.3. The number of aromatic amines is 1. The van der Waals surface area contributed by atoms with Crippen molar-refractivity contribution >= 4 is 50.4 Å². The van der Waals surface area contributed by atoms with Crippen molar-refractivity contribution in [3.8, 4) is 0 Å². The van der Waals surface area contributed by atoms with E-state index in [0.29, 0.717) is 38.3 Å². The van der Waals surface area contributed by atoms with Gasteiger partial charge in [0.25, 0.3) is 5.56 Å². The van der Waals surface area contributed by atoms with Crippen molar-refractivity contribution in [1.82, 2.24) is 9.97 Å². The number of rotatable bonds is 3. The SMILES string of the molecule is O=c1[nH]c(CNc2cc(Cl)ccc2Cl)nc2ccsc12. The Kier molecular flexibility index (Phi) is 3.65. The predicted molar refractivity (Wildman–Crippen MR) is 84.0 cm³/mol. The molecular formula is C13H9Cl2N3OS. The third-order valence-electron chi connectivity index (χ3n) is 2.74. The molecule has 0 saturated heterocycles. The molecule has 0 amide bonds. The highest BCUT2D eigenvalue weighted by Crippen LogP contribution is 2.25. The van der Waals surface area contributed by atoms with E-state index in [9.17, 15) is 4.79 Å². The third-order valence-corrected chi connectivity index (χ3v) is 4.21. The maximum Gasteiger partial charge on any atom is 0.268 e. The fourth-order valence-corrected chi connectivity index (χ4v) is 2.90. The molecule has 20 heavy (non-hydrogen) atoms. The van der Waals surface area contributed by atoms with E-state index in [1.165, 1.54) is 11.3 Å². The molecule has 4 nitrogen and oxygen atoms in total. The summed E-state index contributed by atoms with van der Waals surface area (Å²) in [5.41, 5.74) is 1.28. The van der Waals surface area contributed by atoms with Crippen LogP contribution in [0.5, 0.6) is 0 Å². The molecule has 0 atom stereocenters. The summed E-state index contributed by atoms with van der Waals surface area (Å²) in [7, 11) is 0. The van der Waals surface area contributed by atoms with Crippen LogP contribution in [0.1, 0.15) is 5.82 Å². The number of nitrogens with one attached hydrogen (secondary N) is 2. The second kappa shape index (κ2) is 5.44. The number of thiophene rings is 1. The van der Waals surface area contributed by atoms with Gasteiger partial charge in [-0.25, -0.2) is 4.98 Å². The van der Waals surface area contributed by atoms with Gasteiger partial charge in [0, 0.05) is 5.02 Å². The number of aromatic nitrogens is 2. The van der Waals surface area contributed by atoms with E-state index in [0.717, 1.165) is 0 Å². The molecule has 3 rings (SSSR count). The normalized spacial score (nSPS) is 10.9. The van der Waals surface area contributed by atoms with Gasteiger partial charge in [0.05, 0.1) is 22.8 Å². The van der Waals surface area contributed by atoms with E-state index in [-0.39, 0.29) is 5.56 Å². The summed E-state index contributed by atoms with van der Waals surface area (Å²) in [5, 5.41) is 6.11. The highest BCUT2D eigenvalue weighted by molar-refractivity contribution is 7.17. The lowest BCUT2D eigenvalue weighted by Crippen LogP contribution is -2.13. The highest BCUT2D eigenvalue weighted by atomic mass is 35.5. The van der Waals surface area contributed by atoms with Crippen LogP contribution in [-0.4, -0.2) is 9.97 Å². The highest BCUT2D eigenvalue weighted by Gasteiger charge is 2.06. The second-order valence-corrected chi connectivity index (χ2v) is 5.89. The van der Waals surface area contributed by atoms with E-state index >= 15 is 0 Å². The molecule has 0 unspecified atom stereocenters. The Labute approximate surface area is 128 Å². The topological polar surface area (TPSA) is 57.8 Å². The summed E-state index contributed by atoms with van der Waals surface area (Å²) >= 11 is 13.4. The largest absolute Gasteiger partial charge is 0.377 e. The van der Waals surface area contributed by atoms with Gasteiger partial charge in [-0.15, -0.1) is 11.3 Å². The summed E-state index contributed by atoms with van der Waals surface area (Å²) in [6.07, 6.45) is 0. The van der Waals surface area contributed by atoms with Gasteiger partial charge < -0.3 is 10.3 Å². The maximum absolute atomic E-state index is 11.8. The fraction of sp³-hybridized carbons (Fsp3) is 0.0769. The zero-order chi connectivity index (χ0) is 14.1. The first-order valence-corrected chi connectivity index (χ1v) is 7.42. The van der Waals surface area contributed by atoms with Crippen LogP contribution >= 0.6 is 34.5 Å². The van der Waals surface area contributed by atoms with Crippen LogP contribution in [0.2, 0.25) is 10.0 Å². The molecule has 0 radical (unpaired) electrons. The zero-order valence-electron chi connectivity index (χ0n) is 10.1. The van der Waals surface area contributed by atoms with Crippen molar-refractivity contribution in [2.24, 2.45) is 0 Å². The second-order valence-electron chi connectivity index (χ2n) is 4.13. The van der Waals surface area contributed by atoms with E-state index < -0.39 is 0 Å². The number of hydrogen-bond acceptors (Lipinski definition) is 4. The van der Waals surface area contributed by atoms with Gasteiger partial charge in [-0.3, -0.25) is 4.79 Å². The minimum absolute atomic E-state index is 0.126. The number of nitrogens with zero attached hydrogens (tertiary/aromatic N) is 1. The molecule has 0 saturated carbocycles. The Balaban J connectivity index is 1.86. The van der Waals surface area contributed by atoms with Crippen LogP contribution in [0.4, 0.5) is 5.69 Å². The monoisotopic (exact) mass is 325 g/mol. The van der Waals surface area contributed by atoms with Crippen molar-refractivity contribution in [2.45, 2.75) is 6.54 Å². The maximum atomic E-state index is 11.8. The molecular weight excluding hydrogens is 317 g/mol. The van der Waals surface area contributed by atoms with Gasteiger partial charge in [0.15, 0.2) is 0 Å². The van der Waals surface area contributed by atoms with Crippen LogP contribution in [0.25, 0.3) is 10.2 Å². The number of H-pyrrole nitrogens is 1. The van der Waals surface area contributed by atoms with Gasteiger partial charge in [-0.1, -0.05) is 23.2 Å². The lowest BCUT2D eigenvalue weighted by Gasteiger charge is -2.08. The van der Waals surface area contributed by atoms with Gasteiger partial charge in [-0.2, -0.15) is 0 Å². The molecule has 3 aromatic rings. The first-order valence-electron chi connectivity index (χ1n) is 5.79. The van der Waals surface area contributed by atoms with Crippen LogP contribution < -0.4 is 10.9 Å². The Morgan fingerprint density at radius 2 is 2.15 bits per heavy atom. The Bertz CT molecular complexity index is 828. The summed E-state index contributed by atoms with van der Waals surface area (Å²) in [6.45, 7) is 0.362. The Hall–Kier alpha value is -1.56. The van der Waals surface area contributed by atoms with Crippen molar-refractivity contribution in [2.75, 3.05) is 5.32 Å². The molecule has 0 fully saturated rings. The number of hydrogen-bond donors (Lipinski definition) is 2. The molecule has 102 valence electrons. The van der Waals surface area contributed by atoms with Crippen molar-refractivity contribution < 1.29 is 0 Å². The van der Waals surface area contributed by atoms with Crippen molar-refractivity contribution in [1.29, 1.82) is 0 Å². The number of fused-ring (bicyclic) bond motifs is 1. The quantitative estimate of drug-likeness (QED) is 0.767. The molecule has 0 bridgehead atoms. The molecule has 0 aliphatic carbocycles. The minimum Gasteiger partial charge on any atom is -0.377 e. The van der Waals surface area contributed by atoms with E-state index in [4.69, 9.17) is 23.2 Å². The molecule has 0 spiro atoms. The molecule has 2 aromatic heterocycles. The number of benzene rings is 1. The number of anilines is 1. The summed E-state index contributed by atoms with van der Waals surface area (Å²) in [5.74, 6) is 0.553. The van der Waals surface area contributed by atoms with Gasteiger partial charge in [-0.05, 0) is 29.6 Å². The first kappa shape index (κ1) is 13.4. The minimum atomic E-state index is -0.126. The Morgan fingerprint density at radius 1 is 1.30 bits per heavy atom. The smallest absolute Gasteiger partial charge is 0.268 e. The van der Waals surface area contributed by atoms with Gasteiger partial charge in [0.2, 0.25) is 0 Å². The predicted octanol–water partition coefficient (Wildman–Crippen LogP) is 3.90. The third kappa shape index (κ3) is 2.65. The zero-order valence-corrected chi connectivity index (χ0v) is 12.4. The van der Waals surface area contributed by atoms with Crippen LogP contribution in [0, 0.1) is 0 Å². The average molecular weight is 326 g/mol. The van der Waals surface area contributed by atoms with Crippen molar-refractivity contribution in [3.05, 3.63) is 55.9 Å².